The van der Waals surface area contributed by atoms with Gasteiger partial charge in [-0.1, -0.05) is 0 Å². The molecule has 3 rings (SSSR count). The Bertz CT molecular complexity index is 425. The van der Waals surface area contributed by atoms with E-state index in [2.05, 4.69) is 10.2 Å². The maximum absolute atomic E-state index is 11.5. The van der Waals surface area contributed by atoms with Crippen LogP contribution in [0, 0.1) is 11.8 Å². The van der Waals surface area contributed by atoms with Crippen molar-refractivity contribution in [2.75, 3.05) is 32.4 Å². The van der Waals surface area contributed by atoms with Gasteiger partial charge in [-0.15, -0.1) is 0 Å². The van der Waals surface area contributed by atoms with Crippen LogP contribution in [-0.2, 0) is 9.84 Å². The lowest BCUT2D eigenvalue weighted by molar-refractivity contribution is 0.0529. The molecule has 0 aromatic rings. The Labute approximate surface area is 123 Å². The van der Waals surface area contributed by atoms with Gasteiger partial charge in [0.1, 0.15) is 9.84 Å². The molecule has 3 aliphatic rings. The van der Waals surface area contributed by atoms with Crippen LogP contribution in [0.15, 0.2) is 0 Å². The average molecular weight is 300 g/mol. The highest BCUT2D eigenvalue weighted by Crippen LogP contribution is 2.36. The molecular weight excluding hydrogens is 272 g/mol. The van der Waals surface area contributed by atoms with Crippen LogP contribution >= 0.6 is 0 Å². The van der Waals surface area contributed by atoms with Gasteiger partial charge in [0.25, 0.3) is 0 Å². The molecule has 0 unspecified atom stereocenters. The van der Waals surface area contributed by atoms with Crippen LogP contribution in [0.25, 0.3) is 0 Å². The number of likely N-dealkylation sites (tertiary alicyclic amines) is 1. The van der Waals surface area contributed by atoms with Crippen LogP contribution in [-0.4, -0.2) is 57.0 Å². The lowest BCUT2D eigenvalue weighted by Crippen LogP contribution is -2.53. The summed E-state index contributed by atoms with van der Waals surface area (Å²) in [6.07, 6.45) is 8.47. The minimum Gasteiger partial charge on any atom is -0.317 e. The van der Waals surface area contributed by atoms with Gasteiger partial charge >= 0.3 is 0 Å². The molecule has 2 saturated heterocycles. The van der Waals surface area contributed by atoms with Crippen molar-refractivity contribution in [3.8, 4) is 0 Å². The molecule has 0 amide bonds. The fourth-order valence-electron chi connectivity index (χ4n) is 4.26. The summed E-state index contributed by atoms with van der Waals surface area (Å²) >= 11 is 0. The van der Waals surface area contributed by atoms with Crippen LogP contribution in [0.2, 0.25) is 0 Å². The van der Waals surface area contributed by atoms with E-state index in [-0.39, 0.29) is 5.25 Å². The highest BCUT2D eigenvalue weighted by Gasteiger charge is 2.41. The smallest absolute Gasteiger partial charge is 0.150 e. The predicted molar refractivity (Wildman–Crippen MR) is 81.5 cm³/mol. The van der Waals surface area contributed by atoms with E-state index in [4.69, 9.17) is 0 Å². The number of sulfone groups is 1. The standard InChI is InChI=1S/C15H28N2O2S/c1-20(18,19)15-9-14(10-15)17-8-2-3-13(11-17)12-4-6-16-7-5-12/h12-16H,2-11H2,1H3/t13-,14?,15?/m0/s1. The van der Waals surface area contributed by atoms with Gasteiger partial charge in [-0.3, -0.25) is 0 Å². The second kappa shape index (κ2) is 5.93. The van der Waals surface area contributed by atoms with Crippen LogP contribution in [0.1, 0.15) is 38.5 Å². The first-order chi connectivity index (χ1) is 9.54. The molecule has 2 aliphatic heterocycles. The van der Waals surface area contributed by atoms with Gasteiger partial charge in [-0.25, -0.2) is 8.42 Å². The zero-order valence-electron chi connectivity index (χ0n) is 12.6. The quantitative estimate of drug-likeness (QED) is 0.853. The number of nitrogens with one attached hydrogen (secondary N) is 1. The summed E-state index contributed by atoms with van der Waals surface area (Å²) in [4.78, 5) is 2.60. The van der Waals surface area contributed by atoms with Crippen molar-refractivity contribution in [3.05, 3.63) is 0 Å². The van der Waals surface area contributed by atoms with E-state index in [1.54, 1.807) is 0 Å². The summed E-state index contributed by atoms with van der Waals surface area (Å²) in [5, 5.41) is 3.39. The molecule has 1 saturated carbocycles. The molecule has 1 atom stereocenters. The zero-order valence-corrected chi connectivity index (χ0v) is 13.4. The Morgan fingerprint density at radius 2 is 1.75 bits per heavy atom. The highest BCUT2D eigenvalue weighted by molar-refractivity contribution is 7.91. The molecular formula is C15H28N2O2S. The second-order valence-electron chi connectivity index (χ2n) is 7.06. The monoisotopic (exact) mass is 300 g/mol. The molecule has 0 aromatic heterocycles. The SMILES string of the molecule is CS(=O)(=O)C1CC(N2CCC[C@H](C3CCNCC3)C2)C1. The van der Waals surface area contributed by atoms with Gasteiger partial charge in [-0.2, -0.15) is 0 Å². The summed E-state index contributed by atoms with van der Waals surface area (Å²) in [5.41, 5.74) is 0. The maximum Gasteiger partial charge on any atom is 0.150 e. The molecule has 1 N–H and O–H groups in total. The van der Waals surface area contributed by atoms with Crippen LogP contribution in [0.3, 0.4) is 0 Å². The van der Waals surface area contributed by atoms with E-state index in [0.29, 0.717) is 6.04 Å². The van der Waals surface area contributed by atoms with Crippen LogP contribution in [0.5, 0.6) is 0 Å². The Morgan fingerprint density at radius 1 is 1.05 bits per heavy atom. The molecule has 0 radical (unpaired) electrons. The van der Waals surface area contributed by atoms with Crippen LogP contribution < -0.4 is 5.32 Å². The number of piperidine rings is 2. The van der Waals surface area contributed by atoms with Crippen molar-refractivity contribution in [2.24, 2.45) is 11.8 Å². The third kappa shape index (κ3) is 3.20. The van der Waals surface area contributed by atoms with E-state index < -0.39 is 9.84 Å². The third-order valence-electron chi connectivity index (χ3n) is 5.73. The largest absolute Gasteiger partial charge is 0.317 e. The first-order valence-electron chi connectivity index (χ1n) is 8.17. The summed E-state index contributed by atoms with van der Waals surface area (Å²) in [6, 6.07) is 0.541. The lowest BCUT2D eigenvalue weighted by atomic mass is 9.78. The van der Waals surface area contributed by atoms with E-state index in [1.165, 1.54) is 58.1 Å². The van der Waals surface area contributed by atoms with Gasteiger partial charge in [-0.05, 0) is 70.0 Å². The molecule has 0 aromatic carbocycles. The fourth-order valence-corrected chi connectivity index (χ4v) is 5.40. The average Bonchev–Trinajstić information content (AvgIpc) is 2.37. The molecule has 1 aliphatic carbocycles. The molecule has 4 nitrogen and oxygen atoms in total. The van der Waals surface area contributed by atoms with E-state index in [1.807, 2.05) is 0 Å². The maximum atomic E-state index is 11.5. The van der Waals surface area contributed by atoms with Crippen molar-refractivity contribution in [1.82, 2.24) is 10.2 Å². The topological polar surface area (TPSA) is 49.4 Å². The van der Waals surface area contributed by atoms with Gasteiger partial charge in [0.15, 0.2) is 0 Å². The van der Waals surface area contributed by atoms with Gasteiger partial charge in [0.2, 0.25) is 0 Å². The number of rotatable bonds is 3. The lowest BCUT2D eigenvalue weighted by Gasteiger charge is -2.47. The van der Waals surface area contributed by atoms with E-state index >= 15 is 0 Å². The fraction of sp³-hybridized carbons (Fsp3) is 1.00. The second-order valence-corrected chi connectivity index (χ2v) is 9.39. The van der Waals surface area contributed by atoms with Crippen molar-refractivity contribution >= 4 is 9.84 Å². The minimum atomic E-state index is -2.81. The van der Waals surface area contributed by atoms with Gasteiger partial charge < -0.3 is 10.2 Å². The first-order valence-corrected chi connectivity index (χ1v) is 10.1. The molecule has 116 valence electrons. The molecule has 2 heterocycles. The van der Waals surface area contributed by atoms with Crippen molar-refractivity contribution in [3.63, 3.8) is 0 Å². The number of nitrogens with zero attached hydrogens (tertiary/aromatic N) is 1. The van der Waals surface area contributed by atoms with Crippen molar-refractivity contribution in [1.29, 1.82) is 0 Å². The Hall–Kier alpha value is -0.130. The normalized spacial score (nSPS) is 37.5. The highest BCUT2D eigenvalue weighted by atomic mass is 32.2. The third-order valence-corrected chi connectivity index (χ3v) is 7.33. The number of hydrogen-bond acceptors (Lipinski definition) is 4. The summed E-state index contributed by atoms with van der Waals surface area (Å²) in [7, 11) is -2.81. The predicted octanol–water partition coefficient (Wildman–Crippen LogP) is 1.27. The molecule has 0 bridgehead atoms. The van der Waals surface area contributed by atoms with Crippen molar-refractivity contribution < 1.29 is 8.42 Å². The Balaban J connectivity index is 1.51. The Kier molecular flexibility index (Phi) is 4.39. The van der Waals surface area contributed by atoms with Gasteiger partial charge in [0, 0.05) is 18.8 Å². The Morgan fingerprint density at radius 3 is 2.40 bits per heavy atom. The summed E-state index contributed by atoms with van der Waals surface area (Å²) in [6.45, 7) is 4.76. The summed E-state index contributed by atoms with van der Waals surface area (Å²) in [5.74, 6) is 1.74. The minimum absolute atomic E-state index is 0.0632. The number of hydrogen-bond donors (Lipinski definition) is 1. The van der Waals surface area contributed by atoms with E-state index in [9.17, 15) is 8.42 Å². The van der Waals surface area contributed by atoms with Crippen LogP contribution in [0.4, 0.5) is 0 Å². The van der Waals surface area contributed by atoms with Crippen molar-refractivity contribution in [2.45, 2.75) is 49.8 Å². The summed E-state index contributed by atoms with van der Waals surface area (Å²) < 4.78 is 23.1. The van der Waals surface area contributed by atoms with Gasteiger partial charge in [0.05, 0.1) is 5.25 Å². The molecule has 20 heavy (non-hydrogen) atoms. The first kappa shape index (κ1) is 14.8. The zero-order chi connectivity index (χ0) is 14.2. The molecule has 0 spiro atoms. The molecule has 3 fully saturated rings. The van der Waals surface area contributed by atoms with E-state index in [0.717, 1.165) is 24.7 Å². The molecule has 5 heteroatoms.